The smallest absolute Gasteiger partial charge is 0.222 e. The van der Waals surface area contributed by atoms with Gasteiger partial charge in [-0.2, -0.15) is 0 Å². The van der Waals surface area contributed by atoms with E-state index in [1.165, 1.54) is 5.56 Å². The van der Waals surface area contributed by atoms with E-state index in [1.807, 2.05) is 23.1 Å². The normalized spacial score (nSPS) is 16.0. The fourth-order valence-electron chi connectivity index (χ4n) is 2.91. The van der Waals surface area contributed by atoms with E-state index in [-0.39, 0.29) is 5.91 Å². The first-order valence-corrected chi connectivity index (χ1v) is 7.84. The first-order chi connectivity index (χ1) is 10.7. The lowest BCUT2D eigenvalue weighted by atomic mass is 9.96. The summed E-state index contributed by atoms with van der Waals surface area (Å²) in [6.07, 6.45) is 3.19. The van der Waals surface area contributed by atoms with Crippen LogP contribution >= 0.6 is 0 Å². The van der Waals surface area contributed by atoms with Gasteiger partial charge >= 0.3 is 0 Å². The van der Waals surface area contributed by atoms with Gasteiger partial charge in [0, 0.05) is 32.4 Å². The van der Waals surface area contributed by atoms with Crippen molar-refractivity contribution in [1.29, 1.82) is 0 Å². The average Bonchev–Trinajstić information content (AvgIpc) is 3.00. The van der Waals surface area contributed by atoms with Gasteiger partial charge in [0.2, 0.25) is 17.7 Å². The number of hydrogen-bond acceptors (Lipinski definition) is 4. The van der Waals surface area contributed by atoms with Crippen LogP contribution < -0.4 is 0 Å². The van der Waals surface area contributed by atoms with Crippen LogP contribution in [-0.4, -0.2) is 34.1 Å². The highest BCUT2D eigenvalue weighted by atomic mass is 16.4. The molecule has 116 valence electrons. The predicted molar refractivity (Wildman–Crippen MR) is 82.4 cm³/mol. The summed E-state index contributed by atoms with van der Waals surface area (Å²) in [7, 11) is 0. The van der Waals surface area contributed by atoms with Gasteiger partial charge in [0.25, 0.3) is 0 Å². The summed E-state index contributed by atoms with van der Waals surface area (Å²) in [5, 5.41) is 7.98. The van der Waals surface area contributed by atoms with Crippen LogP contribution in [0, 0.1) is 6.92 Å². The molecule has 1 aromatic heterocycles. The summed E-state index contributed by atoms with van der Waals surface area (Å²) in [6, 6.07) is 10.2. The second kappa shape index (κ2) is 6.73. The molecule has 3 rings (SSSR count). The van der Waals surface area contributed by atoms with Crippen molar-refractivity contribution in [1.82, 2.24) is 15.1 Å². The van der Waals surface area contributed by atoms with Gasteiger partial charge in [0.1, 0.15) is 0 Å². The SMILES string of the molecule is Cc1nnc(C2CCN(C(=O)CCc3ccccc3)CC2)o1. The van der Waals surface area contributed by atoms with Gasteiger partial charge in [0.05, 0.1) is 0 Å². The quantitative estimate of drug-likeness (QED) is 0.871. The Morgan fingerprint density at radius 3 is 2.59 bits per heavy atom. The molecule has 5 heteroatoms. The summed E-state index contributed by atoms with van der Waals surface area (Å²) in [5.41, 5.74) is 1.21. The number of rotatable bonds is 4. The van der Waals surface area contributed by atoms with Crippen LogP contribution in [0.4, 0.5) is 0 Å². The molecule has 0 unspecified atom stereocenters. The summed E-state index contributed by atoms with van der Waals surface area (Å²) < 4.78 is 5.50. The van der Waals surface area contributed by atoms with Crippen molar-refractivity contribution in [3.63, 3.8) is 0 Å². The molecule has 5 nitrogen and oxygen atoms in total. The zero-order chi connectivity index (χ0) is 15.4. The lowest BCUT2D eigenvalue weighted by Crippen LogP contribution is -2.38. The maximum atomic E-state index is 12.3. The third-order valence-electron chi connectivity index (χ3n) is 4.21. The molecule has 0 saturated carbocycles. The summed E-state index contributed by atoms with van der Waals surface area (Å²) in [6.45, 7) is 3.36. The van der Waals surface area contributed by atoms with Crippen molar-refractivity contribution in [3.8, 4) is 0 Å². The first kappa shape index (κ1) is 14.8. The van der Waals surface area contributed by atoms with E-state index < -0.39 is 0 Å². The molecule has 0 radical (unpaired) electrons. The first-order valence-electron chi connectivity index (χ1n) is 7.84. The number of likely N-dealkylation sites (tertiary alicyclic amines) is 1. The predicted octanol–water partition coefficient (Wildman–Crippen LogP) is 2.72. The van der Waals surface area contributed by atoms with Gasteiger partial charge in [-0.1, -0.05) is 30.3 Å². The molecule has 0 N–H and O–H groups in total. The molecule has 2 heterocycles. The molecular weight excluding hydrogens is 278 g/mol. The van der Waals surface area contributed by atoms with E-state index in [0.717, 1.165) is 32.4 Å². The molecule has 1 amide bonds. The highest BCUT2D eigenvalue weighted by Gasteiger charge is 2.26. The number of amides is 1. The lowest BCUT2D eigenvalue weighted by Gasteiger charge is -2.30. The van der Waals surface area contributed by atoms with Crippen LogP contribution in [0.2, 0.25) is 0 Å². The topological polar surface area (TPSA) is 59.2 Å². The summed E-state index contributed by atoms with van der Waals surface area (Å²) >= 11 is 0. The second-order valence-electron chi connectivity index (χ2n) is 5.80. The minimum absolute atomic E-state index is 0.240. The number of piperidine rings is 1. The Labute approximate surface area is 130 Å². The molecule has 1 aromatic carbocycles. The Hall–Kier alpha value is -2.17. The number of benzene rings is 1. The monoisotopic (exact) mass is 299 g/mol. The Balaban J connectivity index is 1.47. The van der Waals surface area contributed by atoms with Gasteiger partial charge in [-0.15, -0.1) is 10.2 Å². The molecule has 0 spiro atoms. The Morgan fingerprint density at radius 2 is 1.95 bits per heavy atom. The molecule has 1 fully saturated rings. The van der Waals surface area contributed by atoms with Crippen LogP contribution in [0.1, 0.15) is 42.5 Å². The largest absolute Gasteiger partial charge is 0.425 e. The number of aryl methyl sites for hydroxylation is 2. The number of hydrogen-bond donors (Lipinski definition) is 0. The minimum Gasteiger partial charge on any atom is -0.425 e. The molecule has 0 aliphatic carbocycles. The van der Waals surface area contributed by atoms with Gasteiger partial charge in [0.15, 0.2) is 0 Å². The fraction of sp³-hybridized carbons (Fsp3) is 0.471. The zero-order valence-electron chi connectivity index (χ0n) is 12.9. The van der Waals surface area contributed by atoms with E-state index in [1.54, 1.807) is 6.92 Å². The van der Waals surface area contributed by atoms with Crippen LogP contribution in [0.25, 0.3) is 0 Å². The molecule has 1 saturated heterocycles. The lowest BCUT2D eigenvalue weighted by molar-refractivity contribution is -0.132. The Kier molecular flexibility index (Phi) is 4.51. The van der Waals surface area contributed by atoms with E-state index in [2.05, 4.69) is 22.3 Å². The van der Waals surface area contributed by atoms with Crippen molar-refractivity contribution in [2.75, 3.05) is 13.1 Å². The Morgan fingerprint density at radius 1 is 1.23 bits per heavy atom. The summed E-state index contributed by atoms with van der Waals surface area (Å²) in [5.74, 6) is 1.86. The van der Waals surface area contributed by atoms with E-state index in [0.29, 0.717) is 24.1 Å². The van der Waals surface area contributed by atoms with Gasteiger partial charge < -0.3 is 9.32 Å². The molecule has 0 atom stereocenters. The van der Waals surface area contributed by atoms with E-state index in [9.17, 15) is 4.79 Å². The van der Waals surface area contributed by atoms with Crippen LogP contribution in [0.5, 0.6) is 0 Å². The third kappa shape index (κ3) is 3.53. The van der Waals surface area contributed by atoms with Crippen molar-refractivity contribution in [2.45, 2.75) is 38.5 Å². The number of nitrogens with zero attached hydrogens (tertiary/aromatic N) is 3. The Bertz CT molecular complexity index is 616. The standard InChI is InChI=1S/C17H21N3O2/c1-13-18-19-17(22-13)15-9-11-20(12-10-15)16(21)8-7-14-5-3-2-4-6-14/h2-6,15H,7-12H2,1H3. The minimum atomic E-state index is 0.240. The third-order valence-corrected chi connectivity index (χ3v) is 4.21. The van der Waals surface area contributed by atoms with Gasteiger partial charge in [-0.3, -0.25) is 4.79 Å². The number of aromatic nitrogens is 2. The van der Waals surface area contributed by atoms with Crippen LogP contribution in [0.15, 0.2) is 34.7 Å². The molecule has 1 aliphatic heterocycles. The van der Waals surface area contributed by atoms with Crippen molar-refractivity contribution in [3.05, 3.63) is 47.7 Å². The van der Waals surface area contributed by atoms with Gasteiger partial charge in [-0.05, 0) is 24.8 Å². The molecule has 1 aliphatic rings. The average molecular weight is 299 g/mol. The van der Waals surface area contributed by atoms with Crippen LogP contribution in [-0.2, 0) is 11.2 Å². The highest BCUT2D eigenvalue weighted by Crippen LogP contribution is 2.27. The second-order valence-corrected chi connectivity index (χ2v) is 5.80. The van der Waals surface area contributed by atoms with Gasteiger partial charge in [-0.25, -0.2) is 0 Å². The maximum absolute atomic E-state index is 12.3. The summed E-state index contributed by atoms with van der Waals surface area (Å²) in [4.78, 5) is 14.3. The number of carbonyl (C=O) groups is 1. The van der Waals surface area contributed by atoms with E-state index >= 15 is 0 Å². The van der Waals surface area contributed by atoms with E-state index in [4.69, 9.17) is 4.42 Å². The molecule has 22 heavy (non-hydrogen) atoms. The molecular formula is C17H21N3O2. The van der Waals surface area contributed by atoms with Crippen molar-refractivity contribution >= 4 is 5.91 Å². The molecule has 0 bridgehead atoms. The van der Waals surface area contributed by atoms with Crippen molar-refractivity contribution < 1.29 is 9.21 Å². The maximum Gasteiger partial charge on any atom is 0.222 e. The van der Waals surface area contributed by atoms with Crippen molar-refractivity contribution in [2.24, 2.45) is 0 Å². The highest BCUT2D eigenvalue weighted by molar-refractivity contribution is 5.76. The number of carbonyl (C=O) groups excluding carboxylic acids is 1. The van der Waals surface area contributed by atoms with Crippen LogP contribution in [0.3, 0.4) is 0 Å². The zero-order valence-corrected chi connectivity index (χ0v) is 12.9. The fourth-order valence-corrected chi connectivity index (χ4v) is 2.91. The molecule has 2 aromatic rings.